The molecule has 0 aliphatic carbocycles. The summed E-state index contributed by atoms with van der Waals surface area (Å²) >= 11 is 0. The van der Waals surface area contributed by atoms with Crippen LogP contribution in [0.1, 0.15) is 21.9 Å². The van der Waals surface area contributed by atoms with Crippen LogP contribution in [-0.4, -0.2) is 59.1 Å². The Hall–Kier alpha value is -3.46. The largest absolute Gasteiger partial charge is 0.497 e. The number of nitrogens with one attached hydrogen (secondary N) is 1. The topological polar surface area (TPSA) is 94.4 Å². The summed E-state index contributed by atoms with van der Waals surface area (Å²) < 4.78 is 12.3. The number of hydrogen-bond acceptors (Lipinski definition) is 7. The lowest BCUT2D eigenvalue weighted by Crippen LogP contribution is -2.37. The first-order chi connectivity index (χ1) is 15.0. The van der Waals surface area contributed by atoms with Gasteiger partial charge in [-0.25, -0.2) is 9.97 Å². The number of hydrogen-bond donors (Lipinski definition) is 1. The van der Waals surface area contributed by atoms with Crippen LogP contribution in [0.15, 0.2) is 36.4 Å². The van der Waals surface area contributed by atoms with E-state index in [1.165, 1.54) is 0 Å². The van der Waals surface area contributed by atoms with Crippen molar-refractivity contribution in [3.05, 3.63) is 53.5 Å². The number of methoxy groups -OCH3 is 1. The Morgan fingerprint density at radius 3 is 2.77 bits per heavy atom. The molecule has 1 fully saturated rings. The molecule has 1 N–H and O–H groups in total. The third kappa shape index (κ3) is 4.83. The van der Waals surface area contributed by atoms with Gasteiger partial charge in [0.1, 0.15) is 11.4 Å². The van der Waals surface area contributed by atoms with Crippen LogP contribution in [0.5, 0.6) is 5.75 Å². The second kappa shape index (κ2) is 9.13. The van der Waals surface area contributed by atoms with Crippen molar-refractivity contribution in [1.82, 2.24) is 25.1 Å². The van der Waals surface area contributed by atoms with Crippen molar-refractivity contribution in [3.63, 3.8) is 0 Å². The van der Waals surface area contributed by atoms with E-state index >= 15 is 0 Å². The fraction of sp³-hybridized carbons (Fsp3) is 0.364. The van der Waals surface area contributed by atoms with Crippen molar-refractivity contribution in [2.45, 2.75) is 13.5 Å². The molecule has 4 rings (SSSR count). The highest BCUT2D eigenvalue weighted by Crippen LogP contribution is 2.23. The zero-order chi connectivity index (χ0) is 21.8. The number of morpholine rings is 1. The molecule has 0 bridgehead atoms. The predicted octanol–water partition coefficient (Wildman–Crippen LogP) is 1.96. The van der Waals surface area contributed by atoms with Crippen LogP contribution in [0.3, 0.4) is 0 Å². The summed E-state index contributed by atoms with van der Waals surface area (Å²) in [7, 11) is 3.37. The number of anilines is 1. The maximum atomic E-state index is 12.8. The van der Waals surface area contributed by atoms with Crippen LogP contribution < -0.4 is 15.0 Å². The summed E-state index contributed by atoms with van der Waals surface area (Å²) in [6.45, 7) is 5.09. The standard InChI is InChI=1S/C22H26N6O3/c1-15-11-17(25-22(24-15)28-7-9-31-10-8-28)14-23-21(29)20-13-19(26-27(20)2)16-5-4-6-18(12-16)30-3/h4-6,11-13H,7-10,14H2,1-3H3,(H,23,29). The molecular weight excluding hydrogens is 396 g/mol. The van der Waals surface area contributed by atoms with Crippen molar-refractivity contribution < 1.29 is 14.3 Å². The first kappa shape index (κ1) is 20.8. The van der Waals surface area contributed by atoms with Crippen LogP contribution in [0.25, 0.3) is 11.3 Å². The van der Waals surface area contributed by atoms with Gasteiger partial charge in [0.2, 0.25) is 5.95 Å². The molecule has 1 aliphatic rings. The van der Waals surface area contributed by atoms with E-state index in [0.717, 1.165) is 35.8 Å². The Labute approximate surface area is 181 Å². The van der Waals surface area contributed by atoms with Crippen LogP contribution in [0.4, 0.5) is 5.95 Å². The zero-order valence-corrected chi connectivity index (χ0v) is 18.0. The number of ether oxygens (including phenoxy) is 2. The number of nitrogens with zero attached hydrogens (tertiary/aromatic N) is 5. The van der Waals surface area contributed by atoms with Crippen LogP contribution in [0, 0.1) is 6.92 Å². The predicted molar refractivity (Wildman–Crippen MR) is 116 cm³/mol. The summed E-state index contributed by atoms with van der Waals surface area (Å²) in [4.78, 5) is 24.1. The Morgan fingerprint density at radius 2 is 2.00 bits per heavy atom. The molecule has 9 nitrogen and oxygen atoms in total. The quantitative estimate of drug-likeness (QED) is 0.649. The number of carbonyl (C=O) groups excluding carboxylic acids is 1. The molecule has 31 heavy (non-hydrogen) atoms. The van der Waals surface area contributed by atoms with Gasteiger partial charge in [-0.1, -0.05) is 12.1 Å². The third-order valence-corrected chi connectivity index (χ3v) is 5.10. The molecule has 0 spiro atoms. The van der Waals surface area contributed by atoms with E-state index in [9.17, 15) is 4.79 Å². The molecule has 0 radical (unpaired) electrons. The summed E-state index contributed by atoms with van der Waals surface area (Å²) in [5.41, 5.74) is 3.69. The second-order valence-electron chi connectivity index (χ2n) is 7.35. The van der Waals surface area contributed by atoms with E-state index in [-0.39, 0.29) is 5.91 Å². The number of carbonyl (C=O) groups is 1. The SMILES string of the molecule is COc1cccc(-c2cc(C(=O)NCc3cc(C)nc(N4CCOCC4)n3)n(C)n2)c1. The van der Waals surface area contributed by atoms with E-state index in [1.807, 2.05) is 37.3 Å². The van der Waals surface area contributed by atoms with Crippen molar-refractivity contribution in [2.75, 3.05) is 38.3 Å². The van der Waals surface area contributed by atoms with Crippen molar-refractivity contribution in [3.8, 4) is 17.0 Å². The summed E-state index contributed by atoms with van der Waals surface area (Å²) in [6.07, 6.45) is 0. The van der Waals surface area contributed by atoms with Gasteiger partial charge in [-0.2, -0.15) is 5.10 Å². The van der Waals surface area contributed by atoms with E-state index in [0.29, 0.717) is 37.1 Å². The zero-order valence-electron chi connectivity index (χ0n) is 18.0. The lowest BCUT2D eigenvalue weighted by molar-refractivity contribution is 0.0941. The highest BCUT2D eigenvalue weighted by molar-refractivity contribution is 5.93. The van der Waals surface area contributed by atoms with E-state index in [1.54, 1.807) is 24.9 Å². The molecule has 162 valence electrons. The van der Waals surface area contributed by atoms with Gasteiger partial charge in [0.25, 0.3) is 5.91 Å². The summed E-state index contributed by atoms with van der Waals surface area (Å²) in [6, 6.07) is 11.2. The molecule has 0 unspecified atom stereocenters. The fourth-order valence-corrected chi connectivity index (χ4v) is 3.48. The number of amides is 1. The molecule has 3 aromatic rings. The van der Waals surface area contributed by atoms with Gasteiger partial charge in [0.05, 0.1) is 38.3 Å². The highest BCUT2D eigenvalue weighted by atomic mass is 16.5. The van der Waals surface area contributed by atoms with Gasteiger partial charge in [-0.05, 0) is 31.2 Å². The minimum Gasteiger partial charge on any atom is -0.497 e. The van der Waals surface area contributed by atoms with Gasteiger partial charge in [-0.15, -0.1) is 0 Å². The minimum absolute atomic E-state index is 0.215. The van der Waals surface area contributed by atoms with Gasteiger partial charge in [0, 0.05) is 31.4 Å². The van der Waals surface area contributed by atoms with E-state index < -0.39 is 0 Å². The first-order valence-electron chi connectivity index (χ1n) is 10.2. The molecule has 0 saturated carbocycles. The molecule has 2 aromatic heterocycles. The highest BCUT2D eigenvalue weighted by Gasteiger charge is 2.17. The maximum Gasteiger partial charge on any atom is 0.269 e. The van der Waals surface area contributed by atoms with E-state index in [4.69, 9.17) is 9.47 Å². The van der Waals surface area contributed by atoms with Gasteiger partial charge < -0.3 is 19.7 Å². The number of rotatable bonds is 6. The number of benzene rings is 1. The Balaban J connectivity index is 1.47. The Morgan fingerprint density at radius 1 is 1.19 bits per heavy atom. The minimum atomic E-state index is -0.215. The molecular formula is C22H26N6O3. The summed E-state index contributed by atoms with van der Waals surface area (Å²) in [5, 5.41) is 7.42. The molecule has 1 aliphatic heterocycles. The van der Waals surface area contributed by atoms with Gasteiger partial charge >= 0.3 is 0 Å². The molecule has 1 aromatic carbocycles. The average molecular weight is 422 g/mol. The second-order valence-corrected chi connectivity index (χ2v) is 7.35. The molecule has 3 heterocycles. The number of aromatic nitrogens is 4. The van der Waals surface area contributed by atoms with Crippen molar-refractivity contribution in [1.29, 1.82) is 0 Å². The van der Waals surface area contributed by atoms with Crippen molar-refractivity contribution in [2.24, 2.45) is 7.05 Å². The average Bonchev–Trinajstić information content (AvgIpc) is 3.19. The fourth-order valence-electron chi connectivity index (χ4n) is 3.48. The normalized spacial score (nSPS) is 13.8. The maximum absolute atomic E-state index is 12.8. The van der Waals surface area contributed by atoms with Crippen LogP contribution in [-0.2, 0) is 18.3 Å². The van der Waals surface area contributed by atoms with Gasteiger partial charge in [0.15, 0.2) is 0 Å². The molecule has 1 amide bonds. The van der Waals surface area contributed by atoms with Crippen LogP contribution >= 0.6 is 0 Å². The smallest absolute Gasteiger partial charge is 0.269 e. The molecule has 0 atom stereocenters. The van der Waals surface area contributed by atoms with Gasteiger partial charge in [-0.3, -0.25) is 9.48 Å². The first-order valence-corrected chi connectivity index (χ1v) is 10.2. The lowest BCUT2D eigenvalue weighted by atomic mass is 10.1. The molecule has 1 saturated heterocycles. The molecule has 9 heteroatoms. The Bertz CT molecular complexity index is 1070. The van der Waals surface area contributed by atoms with Crippen molar-refractivity contribution >= 4 is 11.9 Å². The van der Waals surface area contributed by atoms with Crippen LogP contribution in [0.2, 0.25) is 0 Å². The number of aryl methyl sites for hydroxylation is 2. The Kier molecular flexibility index (Phi) is 6.13. The summed E-state index contributed by atoms with van der Waals surface area (Å²) in [5.74, 6) is 1.20. The monoisotopic (exact) mass is 422 g/mol. The van der Waals surface area contributed by atoms with E-state index in [2.05, 4.69) is 25.3 Å². The lowest BCUT2D eigenvalue weighted by Gasteiger charge is -2.27. The third-order valence-electron chi connectivity index (χ3n) is 5.10.